The number of nitrogens with zero attached hydrogens (tertiary/aromatic N) is 3. The van der Waals surface area contributed by atoms with Crippen molar-refractivity contribution in [3.05, 3.63) is 18.2 Å². The summed E-state index contributed by atoms with van der Waals surface area (Å²) >= 11 is 0. The van der Waals surface area contributed by atoms with Gasteiger partial charge in [0.25, 0.3) is 0 Å². The third-order valence-corrected chi connectivity index (χ3v) is 4.32. The SMILES string of the molecule is CCC(CN(C)S(C)(=O)=O)Cn1ccnc1C. The Bertz CT molecular complexity index is 453. The number of sulfonamides is 1. The van der Waals surface area contributed by atoms with Crippen molar-refractivity contribution in [1.82, 2.24) is 13.9 Å². The van der Waals surface area contributed by atoms with Gasteiger partial charge in [-0.05, 0) is 12.8 Å². The second-order valence-corrected chi connectivity index (χ2v) is 6.53. The Morgan fingerprint density at radius 1 is 1.53 bits per heavy atom. The molecule has 0 bridgehead atoms. The Morgan fingerprint density at radius 2 is 2.18 bits per heavy atom. The van der Waals surface area contributed by atoms with Gasteiger partial charge in [-0.25, -0.2) is 17.7 Å². The number of rotatable bonds is 6. The summed E-state index contributed by atoms with van der Waals surface area (Å²) in [6.07, 6.45) is 5.88. The van der Waals surface area contributed by atoms with Crippen LogP contribution in [0.3, 0.4) is 0 Å². The molecule has 0 aliphatic carbocycles. The molecular formula is C11H21N3O2S. The van der Waals surface area contributed by atoms with Crippen LogP contribution >= 0.6 is 0 Å². The highest BCUT2D eigenvalue weighted by Gasteiger charge is 2.17. The van der Waals surface area contributed by atoms with Crippen LogP contribution in [0, 0.1) is 12.8 Å². The zero-order valence-corrected chi connectivity index (χ0v) is 11.7. The van der Waals surface area contributed by atoms with Gasteiger partial charge in [0, 0.05) is 32.5 Å². The van der Waals surface area contributed by atoms with Crippen LogP contribution in [0.15, 0.2) is 12.4 Å². The Balaban J connectivity index is 2.65. The maximum absolute atomic E-state index is 11.4. The number of aromatic nitrogens is 2. The zero-order valence-electron chi connectivity index (χ0n) is 10.9. The molecule has 0 saturated heterocycles. The maximum Gasteiger partial charge on any atom is 0.210 e. The topological polar surface area (TPSA) is 55.2 Å². The Morgan fingerprint density at radius 3 is 2.59 bits per heavy atom. The van der Waals surface area contributed by atoms with Crippen molar-refractivity contribution in [3.63, 3.8) is 0 Å². The van der Waals surface area contributed by atoms with E-state index in [4.69, 9.17) is 0 Å². The summed E-state index contributed by atoms with van der Waals surface area (Å²) in [4.78, 5) is 4.16. The second kappa shape index (κ2) is 5.64. The van der Waals surface area contributed by atoms with E-state index in [1.807, 2.05) is 13.1 Å². The minimum absolute atomic E-state index is 0.308. The lowest BCUT2D eigenvalue weighted by Gasteiger charge is -2.22. The largest absolute Gasteiger partial charge is 0.335 e. The highest BCUT2D eigenvalue weighted by molar-refractivity contribution is 7.88. The molecule has 1 atom stereocenters. The number of aryl methyl sites for hydroxylation is 1. The molecule has 0 radical (unpaired) electrons. The van der Waals surface area contributed by atoms with Gasteiger partial charge in [0.2, 0.25) is 10.0 Å². The molecule has 0 N–H and O–H groups in total. The van der Waals surface area contributed by atoms with Crippen molar-refractivity contribution in [3.8, 4) is 0 Å². The molecule has 0 aliphatic rings. The van der Waals surface area contributed by atoms with Gasteiger partial charge in [0.15, 0.2) is 0 Å². The summed E-state index contributed by atoms with van der Waals surface area (Å²) in [5, 5.41) is 0. The van der Waals surface area contributed by atoms with Gasteiger partial charge in [0.1, 0.15) is 5.82 Å². The average molecular weight is 259 g/mol. The maximum atomic E-state index is 11.4. The first-order chi connectivity index (χ1) is 7.84. The number of hydrogen-bond acceptors (Lipinski definition) is 3. The molecule has 0 fully saturated rings. The van der Waals surface area contributed by atoms with E-state index < -0.39 is 10.0 Å². The molecule has 17 heavy (non-hydrogen) atoms. The first-order valence-electron chi connectivity index (χ1n) is 5.73. The zero-order chi connectivity index (χ0) is 13.1. The predicted molar refractivity (Wildman–Crippen MR) is 68.2 cm³/mol. The molecule has 0 saturated carbocycles. The fourth-order valence-electron chi connectivity index (χ4n) is 1.69. The Hall–Kier alpha value is -0.880. The Kier molecular flexibility index (Phi) is 4.70. The lowest BCUT2D eigenvalue weighted by atomic mass is 10.1. The molecule has 98 valence electrons. The quantitative estimate of drug-likeness (QED) is 0.769. The fraction of sp³-hybridized carbons (Fsp3) is 0.727. The molecule has 0 spiro atoms. The van der Waals surface area contributed by atoms with E-state index in [1.165, 1.54) is 10.6 Å². The van der Waals surface area contributed by atoms with Crippen molar-refractivity contribution in [2.24, 2.45) is 5.92 Å². The van der Waals surface area contributed by atoms with Crippen molar-refractivity contribution < 1.29 is 8.42 Å². The summed E-state index contributed by atoms with van der Waals surface area (Å²) in [5.41, 5.74) is 0. The van der Waals surface area contributed by atoms with Crippen molar-refractivity contribution in [2.75, 3.05) is 19.8 Å². The molecule has 0 amide bonds. The average Bonchev–Trinajstić information content (AvgIpc) is 2.61. The fourth-order valence-corrected chi connectivity index (χ4v) is 2.17. The monoisotopic (exact) mass is 259 g/mol. The Labute approximate surface area is 104 Å². The lowest BCUT2D eigenvalue weighted by molar-refractivity contribution is 0.339. The molecule has 1 heterocycles. The van der Waals surface area contributed by atoms with E-state index in [9.17, 15) is 8.42 Å². The molecular weight excluding hydrogens is 238 g/mol. The van der Waals surface area contributed by atoms with Crippen LogP contribution in [0.1, 0.15) is 19.2 Å². The highest BCUT2D eigenvalue weighted by Crippen LogP contribution is 2.11. The molecule has 1 rings (SSSR count). The first kappa shape index (κ1) is 14.2. The van der Waals surface area contributed by atoms with Gasteiger partial charge >= 0.3 is 0 Å². The van der Waals surface area contributed by atoms with Gasteiger partial charge < -0.3 is 4.57 Å². The normalized spacial score (nSPS) is 14.2. The summed E-state index contributed by atoms with van der Waals surface area (Å²) in [6, 6.07) is 0. The standard InChI is InChI=1S/C11H21N3O2S/c1-5-11(8-13(3)17(4,15)16)9-14-7-6-12-10(14)2/h6-7,11H,5,8-9H2,1-4H3. The van der Waals surface area contributed by atoms with Crippen molar-refractivity contribution >= 4 is 10.0 Å². The van der Waals surface area contributed by atoms with Crippen LogP contribution in [-0.4, -0.2) is 42.1 Å². The van der Waals surface area contributed by atoms with Crippen LogP contribution in [0.5, 0.6) is 0 Å². The van der Waals surface area contributed by atoms with Crippen LogP contribution in [0.4, 0.5) is 0 Å². The summed E-state index contributed by atoms with van der Waals surface area (Å²) in [5.74, 6) is 1.27. The minimum Gasteiger partial charge on any atom is -0.335 e. The molecule has 6 heteroatoms. The van der Waals surface area contributed by atoms with Crippen LogP contribution in [0.2, 0.25) is 0 Å². The third kappa shape index (κ3) is 4.12. The number of imidazole rings is 1. The predicted octanol–water partition coefficient (Wildman–Crippen LogP) is 1.11. The van der Waals surface area contributed by atoms with E-state index >= 15 is 0 Å². The summed E-state index contributed by atoms with van der Waals surface area (Å²) in [6.45, 7) is 5.38. The van der Waals surface area contributed by atoms with Crippen molar-refractivity contribution in [1.29, 1.82) is 0 Å². The third-order valence-electron chi connectivity index (χ3n) is 3.04. The minimum atomic E-state index is -3.09. The van der Waals surface area contributed by atoms with Gasteiger partial charge in [-0.15, -0.1) is 0 Å². The lowest BCUT2D eigenvalue weighted by Crippen LogP contribution is -2.32. The van der Waals surface area contributed by atoms with Crippen molar-refractivity contribution in [2.45, 2.75) is 26.8 Å². The molecule has 5 nitrogen and oxygen atoms in total. The molecule has 1 aromatic rings. The molecule has 0 aromatic carbocycles. The van der Waals surface area contributed by atoms with E-state index in [1.54, 1.807) is 13.2 Å². The second-order valence-electron chi connectivity index (χ2n) is 4.44. The van der Waals surface area contributed by atoms with E-state index in [0.717, 1.165) is 18.8 Å². The van der Waals surface area contributed by atoms with E-state index in [-0.39, 0.29) is 0 Å². The molecule has 1 aromatic heterocycles. The molecule has 1 unspecified atom stereocenters. The van der Waals surface area contributed by atoms with E-state index in [0.29, 0.717) is 12.5 Å². The number of hydrogen-bond donors (Lipinski definition) is 0. The van der Waals surface area contributed by atoms with Gasteiger partial charge in [-0.3, -0.25) is 0 Å². The highest BCUT2D eigenvalue weighted by atomic mass is 32.2. The van der Waals surface area contributed by atoms with Crippen LogP contribution in [-0.2, 0) is 16.6 Å². The van der Waals surface area contributed by atoms with Gasteiger partial charge in [-0.1, -0.05) is 13.3 Å². The van der Waals surface area contributed by atoms with Crippen LogP contribution in [0.25, 0.3) is 0 Å². The van der Waals surface area contributed by atoms with Crippen LogP contribution < -0.4 is 0 Å². The van der Waals surface area contributed by atoms with E-state index in [2.05, 4.69) is 16.5 Å². The summed E-state index contributed by atoms with van der Waals surface area (Å²) in [7, 11) is -1.46. The smallest absolute Gasteiger partial charge is 0.210 e. The van der Waals surface area contributed by atoms with Gasteiger partial charge in [0.05, 0.1) is 6.26 Å². The molecule has 0 aliphatic heterocycles. The summed E-state index contributed by atoms with van der Waals surface area (Å²) < 4.78 is 26.2. The van der Waals surface area contributed by atoms with Gasteiger partial charge in [-0.2, -0.15) is 0 Å². The first-order valence-corrected chi connectivity index (χ1v) is 7.58.